The number of hydrogen-bond acceptors (Lipinski definition) is 3. The van der Waals surface area contributed by atoms with Gasteiger partial charge in [0.15, 0.2) is 0 Å². The molecule has 2 heterocycles. The molecule has 0 radical (unpaired) electrons. The number of amides is 2. The van der Waals surface area contributed by atoms with Gasteiger partial charge in [0.25, 0.3) is 0 Å². The second-order valence-corrected chi connectivity index (χ2v) is 6.09. The lowest BCUT2D eigenvalue weighted by atomic mass is 9.87. The molecule has 0 saturated carbocycles. The molecule has 19 heavy (non-hydrogen) atoms. The molecule has 0 aromatic rings. The van der Waals surface area contributed by atoms with E-state index in [2.05, 4.69) is 5.32 Å². The van der Waals surface area contributed by atoms with Gasteiger partial charge in [-0.05, 0) is 25.7 Å². The SMILES string of the molecule is CCC1(C)NC(=O)C(C(C)C)N(C2CCOC2)C1=O. The molecule has 2 amide bonds. The van der Waals surface area contributed by atoms with Gasteiger partial charge in [0.2, 0.25) is 11.8 Å². The molecule has 2 fully saturated rings. The molecule has 5 heteroatoms. The third kappa shape index (κ3) is 2.36. The van der Waals surface area contributed by atoms with Crippen LogP contribution in [0, 0.1) is 5.92 Å². The summed E-state index contributed by atoms with van der Waals surface area (Å²) in [5.41, 5.74) is -0.773. The standard InChI is InChI=1S/C14H24N2O3/c1-5-14(4)13(18)16(10-6-7-19-8-10)11(9(2)3)12(17)15-14/h9-11H,5-8H2,1-4H3,(H,15,17). The molecule has 2 aliphatic heterocycles. The Hall–Kier alpha value is -1.10. The van der Waals surface area contributed by atoms with E-state index in [0.29, 0.717) is 19.6 Å². The van der Waals surface area contributed by atoms with Crippen molar-refractivity contribution < 1.29 is 14.3 Å². The van der Waals surface area contributed by atoms with Gasteiger partial charge in [-0.1, -0.05) is 20.8 Å². The molecule has 2 saturated heterocycles. The Morgan fingerprint density at radius 1 is 1.47 bits per heavy atom. The third-order valence-electron chi connectivity index (χ3n) is 4.31. The second kappa shape index (κ2) is 5.12. The van der Waals surface area contributed by atoms with Gasteiger partial charge in [-0.3, -0.25) is 9.59 Å². The van der Waals surface area contributed by atoms with Gasteiger partial charge in [0, 0.05) is 6.61 Å². The van der Waals surface area contributed by atoms with Crippen LogP contribution in [0.25, 0.3) is 0 Å². The van der Waals surface area contributed by atoms with Crippen molar-refractivity contribution in [1.82, 2.24) is 10.2 Å². The zero-order chi connectivity index (χ0) is 14.2. The molecule has 0 spiro atoms. The lowest BCUT2D eigenvalue weighted by Crippen LogP contribution is -2.72. The van der Waals surface area contributed by atoms with Crippen LogP contribution in [-0.2, 0) is 14.3 Å². The van der Waals surface area contributed by atoms with Gasteiger partial charge in [0.1, 0.15) is 11.6 Å². The first kappa shape index (κ1) is 14.3. The lowest BCUT2D eigenvalue weighted by molar-refractivity contribution is -0.159. The van der Waals surface area contributed by atoms with Crippen molar-refractivity contribution in [1.29, 1.82) is 0 Å². The molecule has 5 nitrogen and oxygen atoms in total. The number of carbonyl (C=O) groups excluding carboxylic acids is 2. The number of nitrogens with one attached hydrogen (secondary N) is 1. The fourth-order valence-electron chi connectivity index (χ4n) is 2.93. The minimum atomic E-state index is -0.773. The van der Waals surface area contributed by atoms with Crippen molar-refractivity contribution >= 4 is 11.8 Å². The summed E-state index contributed by atoms with van der Waals surface area (Å²) in [7, 11) is 0. The van der Waals surface area contributed by atoms with Crippen LogP contribution in [0.15, 0.2) is 0 Å². The Labute approximate surface area is 114 Å². The van der Waals surface area contributed by atoms with E-state index >= 15 is 0 Å². The number of hydrogen-bond donors (Lipinski definition) is 1. The molecule has 0 aromatic heterocycles. The molecule has 0 aromatic carbocycles. The third-order valence-corrected chi connectivity index (χ3v) is 4.31. The topological polar surface area (TPSA) is 58.6 Å². The average Bonchev–Trinajstić information content (AvgIpc) is 2.86. The molecule has 2 rings (SSSR count). The molecule has 2 aliphatic rings. The Morgan fingerprint density at radius 3 is 2.63 bits per heavy atom. The van der Waals surface area contributed by atoms with Gasteiger partial charge in [-0.2, -0.15) is 0 Å². The zero-order valence-corrected chi connectivity index (χ0v) is 12.2. The Bertz CT molecular complexity index is 377. The number of rotatable bonds is 3. The Balaban J connectivity index is 2.34. The summed E-state index contributed by atoms with van der Waals surface area (Å²) in [5.74, 6) is 0.0978. The molecular formula is C14H24N2O3. The van der Waals surface area contributed by atoms with Crippen LogP contribution < -0.4 is 5.32 Å². The molecule has 3 unspecified atom stereocenters. The lowest BCUT2D eigenvalue weighted by Gasteiger charge is -2.47. The predicted molar refractivity (Wildman–Crippen MR) is 71.5 cm³/mol. The maximum absolute atomic E-state index is 12.8. The van der Waals surface area contributed by atoms with Crippen molar-refractivity contribution in [3.8, 4) is 0 Å². The predicted octanol–water partition coefficient (Wildman–Crippen LogP) is 0.927. The van der Waals surface area contributed by atoms with Crippen LogP contribution >= 0.6 is 0 Å². The summed E-state index contributed by atoms with van der Waals surface area (Å²) in [6, 6.07) is -0.337. The van der Waals surface area contributed by atoms with Gasteiger partial charge in [0.05, 0.1) is 12.6 Å². The van der Waals surface area contributed by atoms with Crippen molar-refractivity contribution in [2.24, 2.45) is 5.92 Å². The molecule has 1 N–H and O–H groups in total. The molecule has 0 aliphatic carbocycles. The smallest absolute Gasteiger partial charge is 0.249 e. The van der Waals surface area contributed by atoms with Crippen LogP contribution in [0.4, 0.5) is 0 Å². The maximum Gasteiger partial charge on any atom is 0.249 e. The molecule has 108 valence electrons. The van der Waals surface area contributed by atoms with E-state index in [9.17, 15) is 9.59 Å². The fourth-order valence-corrected chi connectivity index (χ4v) is 2.93. The van der Waals surface area contributed by atoms with Crippen molar-refractivity contribution in [3.63, 3.8) is 0 Å². The Kier molecular flexibility index (Phi) is 3.85. The molecule has 0 bridgehead atoms. The first-order valence-electron chi connectivity index (χ1n) is 7.13. The summed E-state index contributed by atoms with van der Waals surface area (Å²) in [6.07, 6.45) is 1.43. The van der Waals surface area contributed by atoms with Gasteiger partial charge in [-0.25, -0.2) is 0 Å². The molecular weight excluding hydrogens is 244 g/mol. The Morgan fingerprint density at radius 2 is 2.16 bits per heavy atom. The summed E-state index contributed by atoms with van der Waals surface area (Å²) in [5, 5.41) is 2.91. The van der Waals surface area contributed by atoms with E-state index in [-0.39, 0.29) is 29.8 Å². The summed E-state index contributed by atoms with van der Waals surface area (Å²) >= 11 is 0. The number of piperazine rings is 1. The highest BCUT2D eigenvalue weighted by Gasteiger charge is 2.50. The van der Waals surface area contributed by atoms with Crippen LogP contribution in [-0.4, -0.2) is 47.6 Å². The van der Waals surface area contributed by atoms with E-state index < -0.39 is 5.54 Å². The van der Waals surface area contributed by atoms with Crippen LogP contribution in [0.3, 0.4) is 0 Å². The van der Waals surface area contributed by atoms with E-state index in [1.165, 1.54) is 0 Å². The summed E-state index contributed by atoms with van der Waals surface area (Å²) < 4.78 is 5.40. The average molecular weight is 268 g/mol. The van der Waals surface area contributed by atoms with E-state index in [1.54, 1.807) is 4.90 Å². The normalized spacial score (nSPS) is 35.9. The van der Waals surface area contributed by atoms with E-state index in [4.69, 9.17) is 4.74 Å². The summed E-state index contributed by atoms with van der Waals surface area (Å²) in [6.45, 7) is 8.92. The minimum absolute atomic E-state index is 0.0313. The highest BCUT2D eigenvalue weighted by molar-refractivity contribution is 5.99. The minimum Gasteiger partial charge on any atom is -0.379 e. The first-order valence-corrected chi connectivity index (χ1v) is 7.13. The molecule has 3 atom stereocenters. The fraction of sp³-hybridized carbons (Fsp3) is 0.857. The number of carbonyl (C=O) groups is 2. The first-order chi connectivity index (χ1) is 8.90. The van der Waals surface area contributed by atoms with Gasteiger partial charge in [-0.15, -0.1) is 0 Å². The van der Waals surface area contributed by atoms with Crippen LogP contribution in [0.1, 0.15) is 40.5 Å². The highest BCUT2D eigenvalue weighted by atomic mass is 16.5. The number of nitrogens with zero attached hydrogens (tertiary/aromatic N) is 1. The number of ether oxygens (including phenoxy) is 1. The highest BCUT2D eigenvalue weighted by Crippen LogP contribution is 2.29. The van der Waals surface area contributed by atoms with Crippen molar-refractivity contribution in [3.05, 3.63) is 0 Å². The second-order valence-electron chi connectivity index (χ2n) is 6.09. The van der Waals surface area contributed by atoms with E-state index in [1.807, 2.05) is 27.7 Å². The van der Waals surface area contributed by atoms with Gasteiger partial charge < -0.3 is 15.0 Å². The monoisotopic (exact) mass is 268 g/mol. The van der Waals surface area contributed by atoms with E-state index in [0.717, 1.165) is 6.42 Å². The summed E-state index contributed by atoms with van der Waals surface area (Å²) in [4.78, 5) is 27.0. The maximum atomic E-state index is 12.8. The van der Waals surface area contributed by atoms with Gasteiger partial charge >= 0.3 is 0 Å². The van der Waals surface area contributed by atoms with Crippen molar-refractivity contribution in [2.75, 3.05) is 13.2 Å². The van der Waals surface area contributed by atoms with Crippen LogP contribution in [0.5, 0.6) is 0 Å². The van der Waals surface area contributed by atoms with Crippen LogP contribution in [0.2, 0.25) is 0 Å². The van der Waals surface area contributed by atoms with Crippen molar-refractivity contribution in [2.45, 2.75) is 58.2 Å². The quantitative estimate of drug-likeness (QED) is 0.828. The zero-order valence-electron chi connectivity index (χ0n) is 12.2. The largest absolute Gasteiger partial charge is 0.379 e.